The standard InChI is InChI=1S/C14H17O5.Na/c1-9(10(2)15)13-6-5-12(17-4)7-14(13)19-8-18-11(3)16;/h5-7H,8H2,1-4H3;/q-1;+1. The number of carbonyl (C=O) groups excluding carboxylic acids is 2. The van der Waals surface area contributed by atoms with Gasteiger partial charge in [-0.3, -0.25) is 4.79 Å². The van der Waals surface area contributed by atoms with Crippen molar-refractivity contribution in [2.24, 2.45) is 0 Å². The SMILES string of the molecule is COc1ccc([C-](C)C(C)=O)c(OCOC(C)=O)c1.[Na+]. The van der Waals surface area contributed by atoms with Gasteiger partial charge in [0.15, 0.2) is 0 Å². The summed E-state index contributed by atoms with van der Waals surface area (Å²) in [6.07, 6.45) is 0. The van der Waals surface area contributed by atoms with Gasteiger partial charge in [-0.2, -0.15) is 6.07 Å². The number of hydrogen-bond donors (Lipinski definition) is 0. The quantitative estimate of drug-likeness (QED) is 0.295. The van der Waals surface area contributed by atoms with Crippen LogP contribution in [0.3, 0.4) is 0 Å². The molecule has 0 bridgehead atoms. The van der Waals surface area contributed by atoms with Crippen molar-refractivity contribution in [3.63, 3.8) is 0 Å². The van der Waals surface area contributed by atoms with Crippen LogP contribution in [0.25, 0.3) is 0 Å². The summed E-state index contributed by atoms with van der Waals surface area (Å²) in [5.41, 5.74) is 0.653. The number of rotatable bonds is 6. The molecule has 20 heavy (non-hydrogen) atoms. The van der Waals surface area contributed by atoms with Gasteiger partial charge in [0.05, 0.1) is 12.9 Å². The Balaban J connectivity index is 0.00000361. The number of methoxy groups -OCH3 is 1. The fraction of sp³-hybridized carbons (Fsp3) is 0.357. The Labute approximate surface area is 140 Å². The average Bonchev–Trinajstić information content (AvgIpc) is 2.37. The van der Waals surface area contributed by atoms with Crippen molar-refractivity contribution in [2.45, 2.75) is 20.8 Å². The number of ketones is 1. The van der Waals surface area contributed by atoms with Crippen molar-refractivity contribution >= 4 is 11.8 Å². The Hall–Kier alpha value is -1.17. The molecule has 1 aromatic carbocycles. The third-order valence-electron chi connectivity index (χ3n) is 2.60. The van der Waals surface area contributed by atoms with Gasteiger partial charge in [-0.15, -0.1) is 11.5 Å². The van der Waals surface area contributed by atoms with Crippen molar-refractivity contribution < 1.29 is 53.4 Å². The predicted molar refractivity (Wildman–Crippen MR) is 69.0 cm³/mol. The molecule has 1 aromatic rings. The van der Waals surface area contributed by atoms with Crippen LogP contribution < -0.4 is 39.0 Å². The Morgan fingerprint density at radius 2 is 1.90 bits per heavy atom. The average molecular weight is 288 g/mol. The van der Waals surface area contributed by atoms with Gasteiger partial charge in [0.1, 0.15) is 5.78 Å². The smallest absolute Gasteiger partial charge is 0.519 e. The summed E-state index contributed by atoms with van der Waals surface area (Å²) in [4.78, 5) is 22.1. The van der Waals surface area contributed by atoms with Gasteiger partial charge < -0.3 is 19.0 Å². The van der Waals surface area contributed by atoms with Gasteiger partial charge in [-0.25, -0.2) is 0 Å². The largest absolute Gasteiger partial charge is 1.00 e. The summed E-state index contributed by atoms with van der Waals surface area (Å²) in [6, 6.07) is 5.12. The molecule has 0 unspecified atom stereocenters. The molecule has 0 atom stereocenters. The zero-order chi connectivity index (χ0) is 14.4. The molecule has 0 heterocycles. The van der Waals surface area contributed by atoms with Crippen molar-refractivity contribution in [1.29, 1.82) is 0 Å². The fourth-order valence-electron chi connectivity index (χ4n) is 1.42. The second kappa shape index (κ2) is 8.89. The van der Waals surface area contributed by atoms with E-state index in [4.69, 9.17) is 14.2 Å². The number of hydrogen-bond acceptors (Lipinski definition) is 5. The minimum atomic E-state index is -0.434. The maximum Gasteiger partial charge on any atom is 1.00 e. The second-order valence-electron chi connectivity index (χ2n) is 3.94. The van der Waals surface area contributed by atoms with Crippen molar-refractivity contribution in [2.75, 3.05) is 13.9 Å². The van der Waals surface area contributed by atoms with Crippen LogP contribution in [0.1, 0.15) is 26.3 Å². The van der Waals surface area contributed by atoms with Gasteiger partial charge >= 0.3 is 35.5 Å². The van der Waals surface area contributed by atoms with Crippen LogP contribution >= 0.6 is 0 Å². The van der Waals surface area contributed by atoms with Crippen molar-refractivity contribution in [1.82, 2.24) is 0 Å². The van der Waals surface area contributed by atoms with Gasteiger partial charge in [0.2, 0.25) is 6.79 Å². The number of ether oxygens (including phenoxy) is 3. The molecule has 0 saturated heterocycles. The molecule has 0 fully saturated rings. The van der Waals surface area contributed by atoms with Crippen LogP contribution in [0.4, 0.5) is 0 Å². The molecular weight excluding hydrogens is 271 g/mol. The molecule has 0 radical (unpaired) electrons. The number of Topliss-reactive ketones (excluding diaryl/α,β-unsaturated/α-hetero) is 1. The Morgan fingerprint density at radius 3 is 2.40 bits per heavy atom. The van der Waals surface area contributed by atoms with Crippen LogP contribution in [0, 0.1) is 5.92 Å². The summed E-state index contributed by atoms with van der Waals surface area (Å²) < 4.78 is 15.2. The summed E-state index contributed by atoms with van der Waals surface area (Å²) in [5.74, 6) is 1.12. The third-order valence-corrected chi connectivity index (χ3v) is 2.60. The first-order valence-electron chi connectivity index (χ1n) is 5.74. The van der Waals surface area contributed by atoms with E-state index in [0.29, 0.717) is 23.0 Å². The van der Waals surface area contributed by atoms with Crippen LogP contribution in [0.5, 0.6) is 11.5 Å². The van der Waals surface area contributed by atoms with E-state index >= 15 is 0 Å². The molecule has 0 aromatic heterocycles. The van der Waals surface area contributed by atoms with E-state index in [0.717, 1.165) is 0 Å². The van der Waals surface area contributed by atoms with Crippen LogP contribution in [-0.2, 0) is 14.3 Å². The van der Waals surface area contributed by atoms with Gasteiger partial charge in [0, 0.05) is 12.7 Å². The van der Waals surface area contributed by atoms with E-state index in [-0.39, 0.29) is 42.1 Å². The first kappa shape index (κ1) is 18.8. The summed E-state index contributed by atoms with van der Waals surface area (Å²) in [5, 5.41) is 0. The van der Waals surface area contributed by atoms with E-state index in [1.807, 2.05) is 0 Å². The van der Waals surface area contributed by atoms with E-state index in [2.05, 4.69) is 0 Å². The maximum atomic E-state index is 11.4. The summed E-state index contributed by atoms with van der Waals surface area (Å²) in [7, 11) is 1.53. The molecule has 0 N–H and O–H groups in total. The molecule has 6 heteroatoms. The van der Waals surface area contributed by atoms with E-state index < -0.39 is 5.97 Å². The van der Waals surface area contributed by atoms with Gasteiger partial charge in [0.25, 0.3) is 0 Å². The van der Waals surface area contributed by atoms with Crippen LogP contribution in [0.15, 0.2) is 18.2 Å². The zero-order valence-corrected chi connectivity index (χ0v) is 14.5. The minimum Gasteiger partial charge on any atom is -0.519 e. The molecule has 0 saturated carbocycles. The van der Waals surface area contributed by atoms with Gasteiger partial charge in [-0.1, -0.05) is 13.0 Å². The van der Waals surface area contributed by atoms with Crippen LogP contribution in [-0.4, -0.2) is 25.7 Å². The zero-order valence-electron chi connectivity index (χ0n) is 12.5. The molecule has 104 valence electrons. The van der Waals surface area contributed by atoms with Crippen molar-refractivity contribution in [3.05, 3.63) is 29.7 Å². The predicted octanol–water partition coefficient (Wildman–Crippen LogP) is -0.870. The van der Waals surface area contributed by atoms with Crippen LogP contribution in [0.2, 0.25) is 0 Å². The van der Waals surface area contributed by atoms with E-state index in [9.17, 15) is 9.59 Å². The molecule has 0 amide bonds. The van der Waals surface area contributed by atoms with Gasteiger partial charge in [-0.05, 0) is 13.0 Å². The number of carbonyl (C=O) groups is 2. The summed E-state index contributed by atoms with van der Waals surface area (Å²) >= 11 is 0. The number of benzene rings is 1. The molecule has 0 aliphatic rings. The first-order chi connectivity index (χ1) is 8.95. The van der Waals surface area contributed by atoms with E-state index in [1.165, 1.54) is 21.0 Å². The molecular formula is C14H17NaO5. The Morgan fingerprint density at radius 1 is 1.25 bits per heavy atom. The topological polar surface area (TPSA) is 61.8 Å². The van der Waals surface area contributed by atoms with Crippen molar-refractivity contribution in [3.8, 4) is 11.5 Å². The summed E-state index contributed by atoms with van der Waals surface area (Å²) in [6.45, 7) is 4.28. The molecule has 5 nitrogen and oxygen atoms in total. The molecule has 1 rings (SSSR count). The Kier molecular flexibility index (Phi) is 8.37. The second-order valence-corrected chi connectivity index (χ2v) is 3.94. The third kappa shape index (κ3) is 5.45. The molecule has 0 spiro atoms. The number of esters is 1. The molecule has 0 aliphatic heterocycles. The minimum absolute atomic E-state index is 0. The fourth-order valence-corrected chi connectivity index (χ4v) is 1.42. The normalized spacial score (nSPS) is 9.20. The maximum absolute atomic E-state index is 11.4. The Bertz CT molecular complexity index is 473. The van der Waals surface area contributed by atoms with E-state index in [1.54, 1.807) is 25.1 Å². The monoisotopic (exact) mass is 288 g/mol. The molecule has 0 aliphatic carbocycles. The first-order valence-corrected chi connectivity index (χ1v) is 5.74.